The molecule has 4 rings (SSSR count). The van der Waals surface area contributed by atoms with E-state index in [2.05, 4.69) is 25.9 Å². The number of aliphatic imine (C=N–C) groups is 1. The highest BCUT2D eigenvalue weighted by atomic mass is 32.2. The normalized spacial score (nSPS) is 14.2. The number of hydrogen-bond donors (Lipinski definition) is 4. The van der Waals surface area contributed by atoms with Crippen LogP contribution in [0.4, 0.5) is 6.01 Å². The number of sulfone groups is 1. The number of oxazole rings is 1. The predicted molar refractivity (Wildman–Crippen MR) is 145 cm³/mol. The van der Waals surface area contributed by atoms with Crippen LogP contribution in [0.1, 0.15) is 31.7 Å². The quantitative estimate of drug-likeness (QED) is 0.242. The Labute approximate surface area is 225 Å². The molecule has 1 amide bonds. The van der Waals surface area contributed by atoms with E-state index in [1.165, 1.54) is 18.2 Å². The summed E-state index contributed by atoms with van der Waals surface area (Å²) in [7, 11) is -3.42. The molecule has 3 aromatic rings. The minimum Gasteiger partial charge on any atom is -0.494 e. The molecule has 0 radical (unpaired) electrons. The average Bonchev–Trinajstić information content (AvgIpc) is 3.34. The molecule has 0 fully saturated rings. The van der Waals surface area contributed by atoms with Crippen LogP contribution < -0.4 is 20.7 Å². The molecular formula is C26H31N5O7S. The molecule has 2 heterocycles. The lowest BCUT2D eigenvalue weighted by atomic mass is 10.1. The van der Waals surface area contributed by atoms with Gasteiger partial charge in [-0.1, -0.05) is 19.1 Å². The van der Waals surface area contributed by atoms with E-state index < -0.39 is 21.8 Å². The number of fused-ring (bicyclic) bond motifs is 1. The highest BCUT2D eigenvalue weighted by molar-refractivity contribution is 7.91. The molecule has 2 aromatic carbocycles. The molecule has 0 aliphatic carbocycles. The first kappa shape index (κ1) is 27.9. The summed E-state index contributed by atoms with van der Waals surface area (Å²) in [6.45, 7) is 3.41. The van der Waals surface area contributed by atoms with Crippen LogP contribution in [0.25, 0.3) is 11.1 Å². The SMILES string of the molecule is CCS(=O)(=O)c1ccc2nc(N[C@@H](Cc3ccc(OCCCC(=O)NC4=NCCCN4)cc3)C(=O)O)oc2c1. The Balaban J connectivity index is 1.28. The molecule has 1 aromatic heterocycles. The summed E-state index contributed by atoms with van der Waals surface area (Å²) < 4.78 is 35.5. The molecule has 12 nitrogen and oxygen atoms in total. The molecule has 0 saturated heterocycles. The summed E-state index contributed by atoms with van der Waals surface area (Å²) in [5, 5.41) is 18.3. The fraction of sp³-hybridized carbons (Fsp3) is 0.385. The summed E-state index contributed by atoms with van der Waals surface area (Å²) in [6.07, 6.45) is 1.92. The number of guanidine groups is 1. The molecule has 39 heavy (non-hydrogen) atoms. The molecule has 0 unspecified atom stereocenters. The highest BCUT2D eigenvalue weighted by Crippen LogP contribution is 2.24. The zero-order valence-corrected chi connectivity index (χ0v) is 22.3. The fourth-order valence-electron chi connectivity index (χ4n) is 3.87. The third-order valence-electron chi connectivity index (χ3n) is 6.03. The number of carboxylic acids is 1. The molecule has 1 aliphatic rings. The van der Waals surface area contributed by atoms with Crippen LogP contribution in [0.5, 0.6) is 5.75 Å². The lowest BCUT2D eigenvalue weighted by Crippen LogP contribution is -2.43. The number of ether oxygens (including phenoxy) is 1. The van der Waals surface area contributed by atoms with E-state index in [1.807, 2.05) is 0 Å². The minimum absolute atomic E-state index is 0.0150. The van der Waals surface area contributed by atoms with Crippen molar-refractivity contribution in [2.45, 2.75) is 43.5 Å². The number of carboxylic acid groups (broad SMARTS) is 1. The molecule has 0 spiro atoms. The number of carbonyl (C=O) groups is 2. The lowest BCUT2D eigenvalue weighted by molar-refractivity contribution is -0.138. The van der Waals surface area contributed by atoms with Gasteiger partial charge in [0.05, 0.1) is 17.3 Å². The first-order valence-corrected chi connectivity index (χ1v) is 14.3. The van der Waals surface area contributed by atoms with Gasteiger partial charge in [0.25, 0.3) is 6.01 Å². The Morgan fingerprint density at radius 3 is 2.69 bits per heavy atom. The first-order valence-electron chi connectivity index (χ1n) is 12.7. The largest absolute Gasteiger partial charge is 0.494 e. The second-order valence-corrected chi connectivity index (χ2v) is 11.2. The molecule has 208 valence electrons. The van der Waals surface area contributed by atoms with Crippen molar-refractivity contribution in [2.24, 2.45) is 4.99 Å². The maximum Gasteiger partial charge on any atom is 0.326 e. The third-order valence-corrected chi connectivity index (χ3v) is 7.76. The van der Waals surface area contributed by atoms with Crippen molar-refractivity contribution in [3.05, 3.63) is 48.0 Å². The van der Waals surface area contributed by atoms with E-state index in [1.54, 1.807) is 31.2 Å². The number of rotatable bonds is 12. The van der Waals surface area contributed by atoms with Crippen LogP contribution in [0.15, 0.2) is 56.8 Å². The minimum atomic E-state index is -3.42. The Morgan fingerprint density at radius 2 is 2.00 bits per heavy atom. The summed E-state index contributed by atoms with van der Waals surface area (Å²) in [5.41, 5.74) is 1.40. The Kier molecular flexibility index (Phi) is 9.02. The fourth-order valence-corrected chi connectivity index (χ4v) is 4.76. The van der Waals surface area contributed by atoms with Crippen LogP contribution >= 0.6 is 0 Å². The van der Waals surface area contributed by atoms with E-state index >= 15 is 0 Å². The number of hydrogen-bond acceptors (Lipinski definition) is 10. The van der Waals surface area contributed by atoms with Crippen molar-refractivity contribution in [1.82, 2.24) is 15.6 Å². The molecule has 0 saturated carbocycles. The summed E-state index contributed by atoms with van der Waals surface area (Å²) >= 11 is 0. The number of amides is 1. The molecule has 4 N–H and O–H groups in total. The van der Waals surface area contributed by atoms with Gasteiger partial charge in [0.15, 0.2) is 21.4 Å². The van der Waals surface area contributed by atoms with Gasteiger partial charge < -0.3 is 24.9 Å². The summed E-state index contributed by atoms with van der Waals surface area (Å²) in [6, 6.07) is 10.3. The number of benzene rings is 2. The molecule has 13 heteroatoms. The van der Waals surface area contributed by atoms with Crippen LogP contribution in [0.2, 0.25) is 0 Å². The number of nitrogens with zero attached hydrogens (tertiary/aromatic N) is 2. The monoisotopic (exact) mass is 557 g/mol. The highest BCUT2D eigenvalue weighted by Gasteiger charge is 2.21. The van der Waals surface area contributed by atoms with Crippen molar-refractivity contribution in [1.29, 1.82) is 0 Å². The second-order valence-electron chi connectivity index (χ2n) is 8.95. The van der Waals surface area contributed by atoms with Gasteiger partial charge in [-0.2, -0.15) is 4.98 Å². The Bertz CT molecular complexity index is 1450. The zero-order chi connectivity index (χ0) is 27.8. The molecule has 1 aliphatic heterocycles. The molecule has 0 bridgehead atoms. The number of carbonyl (C=O) groups excluding carboxylic acids is 1. The lowest BCUT2D eigenvalue weighted by Gasteiger charge is -2.15. The molecular weight excluding hydrogens is 526 g/mol. The van der Waals surface area contributed by atoms with Crippen LogP contribution in [-0.2, 0) is 25.8 Å². The van der Waals surface area contributed by atoms with E-state index in [9.17, 15) is 23.1 Å². The smallest absolute Gasteiger partial charge is 0.326 e. The zero-order valence-electron chi connectivity index (χ0n) is 21.5. The Hall–Kier alpha value is -4.13. The maximum absolute atomic E-state index is 12.1. The number of aliphatic carboxylic acids is 1. The Morgan fingerprint density at radius 1 is 1.21 bits per heavy atom. The van der Waals surface area contributed by atoms with Gasteiger partial charge >= 0.3 is 5.97 Å². The van der Waals surface area contributed by atoms with E-state index in [4.69, 9.17) is 9.15 Å². The van der Waals surface area contributed by atoms with Crippen LogP contribution in [0, 0.1) is 0 Å². The second kappa shape index (κ2) is 12.6. The topological polar surface area (TPSA) is 172 Å². The number of nitrogens with one attached hydrogen (secondary N) is 3. The van der Waals surface area contributed by atoms with Gasteiger partial charge in [-0.05, 0) is 42.7 Å². The van der Waals surface area contributed by atoms with E-state index in [0.717, 1.165) is 18.5 Å². The average molecular weight is 558 g/mol. The van der Waals surface area contributed by atoms with Gasteiger partial charge in [-0.15, -0.1) is 0 Å². The summed E-state index contributed by atoms with van der Waals surface area (Å²) in [5.74, 6) is -0.147. The van der Waals surface area contributed by atoms with Crippen molar-refractivity contribution < 1.29 is 32.3 Å². The number of aromatic nitrogens is 1. The van der Waals surface area contributed by atoms with Crippen molar-refractivity contribution in [3.63, 3.8) is 0 Å². The third kappa shape index (κ3) is 7.69. The van der Waals surface area contributed by atoms with Crippen molar-refractivity contribution in [2.75, 3.05) is 30.8 Å². The van der Waals surface area contributed by atoms with Crippen LogP contribution in [0.3, 0.4) is 0 Å². The predicted octanol–water partition coefficient (Wildman–Crippen LogP) is 2.35. The van der Waals surface area contributed by atoms with Gasteiger partial charge in [0.1, 0.15) is 17.3 Å². The van der Waals surface area contributed by atoms with E-state index in [-0.39, 0.29) is 34.6 Å². The first-order chi connectivity index (χ1) is 18.7. The van der Waals surface area contributed by atoms with Crippen LogP contribution in [-0.4, -0.2) is 67.8 Å². The van der Waals surface area contributed by atoms with Gasteiger partial charge in [-0.25, -0.2) is 13.2 Å². The van der Waals surface area contributed by atoms with Gasteiger partial charge in [-0.3, -0.25) is 15.1 Å². The van der Waals surface area contributed by atoms with Crippen molar-refractivity contribution in [3.8, 4) is 5.75 Å². The van der Waals surface area contributed by atoms with Gasteiger partial charge in [0, 0.05) is 32.0 Å². The maximum atomic E-state index is 12.1. The standard InChI is InChI=1S/C26H31N5O7S/c1-2-39(35,36)19-10-11-20-22(16-19)38-26(29-20)30-21(24(33)34)15-17-6-8-18(9-7-17)37-14-3-5-23(32)31-25-27-12-4-13-28-25/h6-11,16,21H,2-5,12-15H2,1H3,(H,29,30)(H,33,34)(H2,27,28,31,32)/t21-/m0/s1. The number of anilines is 1. The van der Waals surface area contributed by atoms with E-state index in [0.29, 0.717) is 43.2 Å². The summed E-state index contributed by atoms with van der Waals surface area (Å²) in [4.78, 5) is 32.4. The molecule has 1 atom stereocenters. The van der Waals surface area contributed by atoms with Crippen molar-refractivity contribution >= 4 is 44.8 Å². The van der Waals surface area contributed by atoms with Gasteiger partial charge in [0.2, 0.25) is 5.91 Å².